The predicted molar refractivity (Wildman–Crippen MR) is 122 cm³/mol. The summed E-state index contributed by atoms with van der Waals surface area (Å²) >= 11 is 0. The van der Waals surface area contributed by atoms with Gasteiger partial charge in [-0.25, -0.2) is 0 Å². The van der Waals surface area contributed by atoms with E-state index in [2.05, 4.69) is 26.3 Å². The molecule has 1 unspecified atom stereocenters. The third-order valence-electron chi connectivity index (χ3n) is 6.30. The first-order valence-electron chi connectivity index (χ1n) is 11.3. The number of hydrogen-bond donors (Lipinski definition) is 3. The number of nitrogens with two attached hydrogens (primary N) is 1. The fourth-order valence-electron chi connectivity index (χ4n) is 4.31. The normalized spacial score (nSPS) is 21.4. The van der Waals surface area contributed by atoms with Crippen molar-refractivity contribution in [2.24, 2.45) is 11.7 Å². The molecule has 1 aliphatic heterocycles. The zero-order valence-electron chi connectivity index (χ0n) is 18.2. The molecule has 31 heavy (non-hydrogen) atoms. The van der Waals surface area contributed by atoms with E-state index in [9.17, 15) is 9.18 Å². The lowest BCUT2D eigenvalue weighted by molar-refractivity contribution is 0.223. The minimum Gasteiger partial charge on any atom is -0.375 e. The van der Waals surface area contributed by atoms with E-state index in [-0.39, 0.29) is 11.6 Å². The van der Waals surface area contributed by atoms with Gasteiger partial charge in [0, 0.05) is 43.0 Å². The maximum Gasteiger partial charge on any atom is 0.251 e. The van der Waals surface area contributed by atoms with Crippen molar-refractivity contribution in [3.8, 4) is 0 Å². The molecule has 0 spiro atoms. The molecule has 1 saturated carbocycles. The summed E-state index contributed by atoms with van der Waals surface area (Å²) in [5, 5.41) is 3.41. The molecule has 1 aliphatic carbocycles. The van der Waals surface area contributed by atoms with Gasteiger partial charge in [0.15, 0.2) is 5.95 Å². The minimum atomic E-state index is -0.600. The van der Waals surface area contributed by atoms with Crippen LogP contribution in [0.3, 0.4) is 0 Å². The van der Waals surface area contributed by atoms with Crippen molar-refractivity contribution in [2.45, 2.75) is 51.6 Å². The molecule has 0 bridgehead atoms. The highest BCUT2D eigenvalue weighted by atomic mass is 19.1. The van der Waals surface area contributed by atoms with Crippen LogP contribution in [-0.4, -0.2) is 40.5 Å². The van der Waals surface area contributed by atoms with Gasteiger partial charge < -0.3 is 16.0 Å². The van der Waals surface area contributed by atoms with E-state index >= 15 is 0 Å². The van der Waals surface area contributed by atoms with Gasteiger partial charge in [0.2, 0.25) is 0 Å². The van der Waals surface area contributed by atoms with Gasteiger partial charge in [-0.05, 0) is 62.3 Å². The van der Waals surface area contributed by atoms with Crippen molar-refractivity contribution in [1.29, 1.82) is 0 Å². The molecule has 7 heteroatoms. The molecular formula is C24H32FN5O. The molecule has 0 amide bonds. The average Bonchev–Trinajstić information content (AvgIpc) is 3.58. The number of rotatable bonds is 7. The van der Waals surface area contributed by atoms with E-state index in [0.717, 1.165) is 60.6 Å². The Hall–Kier alpha value is -2.51. The van der Waals surface area contributed by atoms with Gasteiger partial charge in [-0.2, -0.15) is 4.39 Å². The summed E-state index contributed by atoms with van der Waals surface area (Å²) < 4.78 is 14.4. The molecule has 2 aliphatic rings. The van der Waals surface area contributed by atoms with Gasteiger partial charge in [0.05, 0.1) is 11.0 Å². The molecule has 2 aromatic rings. The highest BCUT2D eigenvalue weighted by molar-refractivity contribution is 5.74. The van der Waals surface area contributed by atoms with E-state index in [4.69, 9.17) is 5.73 Å². The Morgan fingerprint density at radius 2 is 2.16 bits per heavy atom. The zero-order valence-corrected chi connectivity index (χ0v) is 18.2. The second kappa shape index (κ2) is 9.75. The van der Waals surface area contributed by atoms with E-state index in [1.54, 1.807) is 0 Å². The number of nitrogens with zero attached hydrogens (tertiary/aromatic N) is 2. The fraction of sp³-hybridized carbons (Fsp3) is 0.500. The number of pyridine rings is 2. The molecule has 2 aromatic heterocycles. The van der Waals surface area contributed by atoms with Crippen LogP contribution in [0.2, 0.25) is 0 Å². The SMILES string of the molecule is CCc1cc2ncc(CN3CCNCCC3C(/C=C\CC3CC3)=C(/N)F)cc2[nH]c1=O. The van der Waals surface area contributed by atoms with Crippen LogP contribution >= 0.6 is 0 Å². The van der Waals surface area contributed by atoms with Crippen molar-refractivity contribution in [1.82, 2.24) is 20.2 Å². The van der Waals surface area contributed by atoms with E-state index in [1.807, 2.05) is 31.3 Å². The number of aromatic amines is 1. The Morgan fingerprint density at radius 3 is 2.90 bits per heavy atom. The fourth-order valence-corrected chi connectivity index (χ4v) is 4.31. The molecule has 2 fully saturated rings. The first-order valence-corrected chi connectivity index (χ1v) is 11.3. The van der Waals surface area contributed by atoms with Crippen LogP contribution in [0.4, 0.5) is 4.39 Å². The topological polar surface area (TPSA) is 87.0 Å². The van der Waals surface area contributed by atoms with Crippen molar-refractivity contribution >= 4 is 11.0 Å². The first-order chi connectivity index (χ1) is 15.0. The monoisotopic (exact) mass is 425 g/mol. The van der Waals surface area contributed by atoms with Crippen LogP contribution in [0.15, 0.2) is 46.8 Å². The molecule has 0 aromatic carbocycles. The Labute approximate surface area is 182 Å². The summed E-state index contributed by atoms with van der Waals surface area (Å²) in [7, 11) is 0. The molecule has 1 saturated heterocycles. The smallest absolute Gasteiger partial charge is 0.251 e. The van der Waals surface area contributed by atoms with Crippen molar-refractivity contribution in [2.75, 3.05) is 19.6 Å². The Balaban J connectivity index is 1.58. The van der Waals surface area contributed by atoms with Crippen LogP contribution < -0.4 is 16.6 Å². The van der Waals surface area contributed by atoms with Gasteiger partial charge >= 0.3 is 0 Å². The van der Waals surface area contributed by atoms with Gasteiger partial charge in [0.25, 0.3) is 5.56 Å². The number of H-pyrrole nitrogens is 1. The minimum absolute atomic E-state index is 0.0676. The number of aryl methyl sites for hydroxylation is 1. The molecule has 4 rings (SSSR count). The quantitative estimate of drug-likeness (QED) is 0.469. The van der Waals surface area contributed by atoms with Crippen molar-refractivity contribution in [3.05, 3.63) is 63.5 Å². The molecule has 1 atom stereocenters. The van der Waals surface area contributed by atoms with Gasteiger partial charge in [-0.1, -0.05) is 19.1 Å². The van der Waals surface area contributed by atoms with Crippen LogP contribution in [0.5, 0.6) is 0 Å². The summed E-state index contributed by atoms with van der Waals surface area (Å²) in [6, 6.07) is 3.72. The second-order valence-electron chi connectivity index (χ2n) is 8.66. The van der Waals surface area contributed by atoms with Crippen LogP contribution in [0.25, 0.3) is 11.0 Å². The number of allylic oxidation sites excluding steroid dienone is 1. The summed E-state index contributed by atoms with van der Waals surface area (Å²) in [5.41, 5.74) is 9.42. The number of hydrogen-bond acceptors (Lipinski definition) is 5. The van der Waals surface area contributed by atoms with Crippen LogP contribution in [-0.2, 0) is 13.0 Å². The second-order valence-corrected chi connectivity index (χ2v) is 8.66. The summed E-state index contributed by atoms with van der Waals surface area (Å²) in [6.07, 6.45) is 10.8. The van der Waals surface area contributed by atoms with Gasteiger partial charge in [-0.3, -0.25) is 14.7 Å². The zero-order chi connectivity index (χ0) is 21.8. The van der Waals surface area contributed by atoms with E-state index in [0.29, 0.717) is 18.5 Å². The van der Waals surface area contributed by atoms with Crippen molar-refractivity contribution in [3.63, 3.8) is 0 Å². The molecule has 6 nitrogen and oxygen atoms in total. The number of aromatic nitrogens is 2. The third kappa shape index (κ3) is 5.40. The molecule has 4 N–H and O–H groups in total. The van der Waals surface area contributed by atoms with E-state index < -0.39 is 5.95 Å². The number of nitrogens with one attached hydrogen (secondary N) is 2. The molecule has 166 valence electrons. The Morgan fingerprint density at radius 1 is 1.32 bits per heavy atom. The molecular weight excluding hydrogens is 393 g/mol. The summed E-state index contributed by atoms with van der Waals surface area (Å²) in [4.78, 5) is 22.0. The number of halogens is 1. The lowest BCUT2D eigenvalue weighted by Crippen LogP contribution is -2.37. The summed E-state index contributed by atoms with van der Waals surface area (Å²) in [5.74, 6) is 0.154. The van der Waals surface area contributed by atoms with Crippen molar-refractivity contribution < 1.29 is 4.39 Å². The Bertz CT molecular complexity index is 1040. The van der Waals surface area contributed by atoms with Crippen LogP contribution in [0.1, 0.15) is 43.7 Å². The highest BCUT2D eigenvalue weighted by Crippen LogP contribution is 2.33. The predicted octanol–water partition coefficient (Wildman–Crippen LogP) is 3.15. The highest BCUT2D eigenvalue weighted by Gasteiger charge is 2.26. The average molecular weight is 426 g/mol. The molecule has 0 radical (unpaired) electrons. The summed E-state index contributed by atoms with van der Waals surface area (Å²) in [6.45, 7) is 5.00. The van der Waals surface area contributed by atoms with Crippen LogP contribution in [0, 0.1) is 5.92 Å². The third-order valence-corrected chi connectivity index (χ3v) is 6.30. The standard InChI is InChI=1S/C24H32FN5O/c1-2-18-13-20-21(29-24(18)31)12-17(14-28-20)15-30-11-10-27-9-8-22(30)19(23(25)26)5-3-4-16-6-7-16/h3,5,12-14,16,22,27H,2,4,6-11,15,26H2,1H3,(H,29,31)/b5-3-,23-19+. The maximum atomic E-state index is 14.4. The lowest BCUT2D eigenvalue weighted by Gasteiger charge is -2.30. The number of fused-ring (bicyclic) bond motifs is 1. The largest absolute Gasteiger partial charge is 0.375 e. The lowest BCUT2D eigenvalue weighted by atomic mass is 10.0. The van der Waals surface area contributed by atoms with E-state index in [1.165, 1.54) is 12.8 Å². The maximum absolute atomic E-state index is 14.4. The molecule has 3 heterocycles. The Kier molecular flexibility index (Phi) is 6.83. The van der Waals surface area contributed by atoms with Gasteiger partial charge in [-0.15, -0.1) is 0 Å². The first kappa shape index (κ1) is 21.7. The van der Waals surface area contributed by atoms with Gasteiger partial charge in [0.1, 0.15) is 0 Å².